The van der Waals surface area contributed by atoms with E-state index in [1.165, 1.54) is 0 Å². The number of amides is 2. The second-order valence-electron chi connectivity index (χ2n) is 5.18. The number of nitrogens with one attached hydrogen (secondary N) is 1. The van der Waals surface area contributed by atoms with E-state index in [1.807, 2.05) is 24.3 Å². The second-order valence-corrected chi connectivity index (χ2v) is 5.18. The first kappa shape index (κ1) is 13.1. The van der Waals surface area contributed by atoms with Crippen molar-refractivity contribution in [3.8, 4) is 0 Å². The van der Waals surface area contributed by atoms with Crippen LogP contribution in [0.2, 0.25) is 0 Å². The number of benzene rings is 1. The molecular formula is C14H17N3O3. The summed E-state index contributed by atoms with van der Waals surface area (Å²) in [5, 5.41) is 0. The molecule has 3 rings (SSSR count). The van der Waals surface area contributed by atoms with Crippen LogP contribution in [-0.4, -0.2) is 35.5 Å². The number of hydrogen-bond donors (Lipinski definition) is 2. The zero-order valence-electron chi connectivity index (χ0n) is 11.0. The highest BCUT2D eigenvalue weighted by Crippen LogP contribution is 2.26. The summed E-state index contributed by atoms with van der Waals surface area (Å²) in [6.07, 6.45) is 0.807. The number of rotatable bonds is 3. The number of hydrazine groups is 1. The molecule has 20 heavy (non-hydrogen) atoms. The monoisotopic (exact) mass is 275 g/mol. The molecule has 2 amide bonds. The Kier molecular flexibility index (Phi) is 3.42. The van der Waals surface area contributed by atoms with Crippen molar-refractivity contribution < 1.29 is 14.3 Å². The van der Waals surface area contributed by atoms with Crippen LogP contribution < -0.4 is 11.3 Å². The van der Waals surface area contributed by atoms with Gasteiger partial charge in [-0.15, -0.1) is 0 Å². The Bertz CT molecular complexity index is 546. The highest BCUT2D eigenvalue weighted by atomic mass is 16.5. The van der Waals surface area contributed by atoms with Crippen molar-refractivity contribution >= 4 is 11.8 Å². The second kappa shape index (κ2) is 5.22. The lowest BCUT2D eigenvalue weighted by atomic mass is 10.1. The molecule has 0 radical (unpaired) electrons. The van der Waals surface area contributed by atoms with Crippen molar-refractivity contribution in [3.63, 3.8) is 0 Å². The lowest BCUT2D eigenvalue weighted by Crippen LogP contribution is -2.40. The highest BCUT2D eigenvalue weighted by Gasteiger charge is 2.34. The maximum atomic E-state index is 12.2. The maximum absolute atomic E-state index is 12.2. The smallest absolute Gasteiger partial charge is 0.263 e. The molecule has 2 heterocycles. The summed E-state index contributed by atoms with van der Waals surface area (Å²) in [6, 6.07) is 7.61. The quantitative estimate of drug-likeness (QED) is 0.468. The fourth-order valence-electron chi connectivity index (χ4n) is 2.83. The van der Waals surface area contributed by atoms with Gasteiger partial charge in [-0.05, 0) is 24.5 Å². The first-order valence-electron chi connectivity index (χ1n) is 6.72. The van der Waals surface area contributed by atoms with E-state index in [1.54, 1.807) is 4.90 Å². The third-order valence-corrected chi connectivity index (χ3v) is 3.86. The van der Waals surface area contributed by atoms with Crippen molar-refractivity contribution in [2.45, 2.75) is 31.6 Å². The molecule has 6 nitrogen and oxygen atoms in total. The fourth-order valence-corrected chi connectivity index (χ4v) is 2.83. The molecule has 0 spiro atoms. The average molecular weight is 275 g/mol. The summed E-state index contributed by atoms with van der Waals surface area (Å²) in [7, 11) is 0. The first-order chi connectivity index (χ1) is 9.69. The van der Waals surface area contributed by atoms with Crippen molar-refractivity contribution in [1.82, 2.24) is 10.3 Å². The van der Waals surface area contributed by atoms with Gasteiger partial charge in [0.25, 0.3) is 11.8 Å². The number of fused-ring (bicyclic) bond motifs is 1. The fraction of sp³-hybridized carbons (Fsp3) is 0.429. The topological polar surface area (TPSA) is 84.7 Å². The van der Waals surface area contributed by atoms with E-state index in [-0.39, 0.29) is 17.9 Å². The van der Waals surface area contributed by atoms with E-state index in [0.29, 0.717) is 19.5 Å². The van der Waals surface area contributed by atoms with Gasteiger partial charge >= 0.3 is 0 Å². The lowest BCUT2D eigenvalue weighted by molar-refractivity contribution is -0.132. The summed E-state index contributed by atoms with van der Waals surface area (Å²) < 4.78 is 5.64. The zero-order chi connectivity index (χ0) is 14.1. The Labute approximate surface area is 116 Å². The van der Waals surface area contributed by atoms with Gasteiger partial charge in [-0.25, -0.2) is 5.84 Å². The van der Waals surface area contributed by atoms with Crippen molar-refractivity contribution in [1.29, 1.82) is 0 Å². The molecule has 2 aliphatic heterocycles. The molecule has 1 saturated heterocycles. The van der Waals surface area contributed by atoms with Crippen LogP contribution in [0, 0.1) is 0 Å². The Hall–Kier alpha value is -1.92. The lowest BCUT2D eigenvalue weighted by Gasteiger charge is -2.20. The predicted molar refractivity (Wildman–Crippen MR) is 71.4 cm³/mol. The van der Waals surface area contributed by atoms with E-state index in [4.69, 9.17) is 10.6 Å². The van der Waals surface area contributed by atoms with Gasteiger partial charge in [-0.2, -0.15) is 0 Å². The SMILES string of the molecule is NNC(=O)C1CCC(CN2Cc3ccccc3C2=O)O1. The normalized spacial score (nSPS) is 24.9. The Morgan fingerprint density at radius 2 is 2.20 bits per heavy atom. The summed E-state index contributed by atoms with van der Waals surface area (Å²) in [4.78, 5) is 25.4. The van der Waals surface area contributed by atoms with Gasteiger partial charge in [0.15, 0.2) is 0 Å². The van der Waals surface area contributed by atoms with Crippen molar-refractivity contribution in [2.24, 2.45) is 5.84 Å². The number of nitrogens with zero attached hydrogens (tertiary/aromatic N) is 1. The average Bonchev–Trinajstić information content (AvgIpc) is 3.05. The molecule has 0 saturated carbocycles. The van der Waals surface area contributed by atoms with E-state index < -0.39 is 6.10 Å². The molecule has 2 unspecified atom stereocenters. The molecule has 0 aliphatic carbocycles. The molecule has 6 heteroatoms. The minimum Gasteiger partial charge on any atom is -0.363 e. The van der Waals surface area contributed by atoms with Crippen LogP contribution in [0.3, 0.4) is 0 Å². The van der Waals surface area contributed by atoms with Gasteiger partial charge in [0.05, 0.1) is 6.10 Å². The molecule has 0 bridgehead atoms. The van der Waals surface area contributed by atoms with E-state index in [2.05, 4.69) is 5.43 Å². The van der Waals surface area contributed by atoms with E-state index in [0.717, 1.165) is 17.5 Å². The number of nitrogens with two attached hydrogens (primary N) is 1. The van der Waals surface area contributed by atoms with Crippen LogP contribution in [0.1, 0.15) is 28.8 Å². The molecular weight excluding hydrogens is 258 g/mol. The number of hydrogen-bond acceptors (Lipinski definition) is 4. The summed E-state index contributed by atoms with van der Waals surface area (Å²) in [6.45, 7) is 1.13. The zero-order valence-corrected chi connectivity index (χ0v) is 11.0. The predicted octanol–water partition coefficient (Wildman–Crippen LogP) is 0.180. The van der Waals surface area contributed by atoms with Gasteiger partial charge in [-0.1, -0.05) is 18.2 Å². The van der Waals surface area contributed by atoms with Gasteiger partial charge in [-0.3, -0.25) is 15.0 Å². The molecule has 1 aromatic rings. The number of ether oxygens (including phenoxy) is 1. The minimum atomic E-state index is -0.495. The first-order valence-corrected chi connectivity index (χ1v) is 6.72. The molecule has 106 valence electrons. The van der Waals surface area contributed by atoms with Crippen LogP contribution in [0.25, 0.3) is 0 Å². The molecule has 2 aliphatic rings. The summed E-state index contributed by atoms with van der Waals surface area (Å²) >= 11 is 0. The minimum absolute atomic E-state index is 0.0379. The molecule has 0 aromatic heterocycles. The van der Waals surface area contributed by atoms with Gasteiger partial charge in [0.1, 0.15) is 6.10 Å². The molecule has 1 fully saturated rings. The molecule has 2 atom stereocenters. The van der Waals surface area contributed by atoms with Crippen LogP contribution in [0.5, 0.6) is 0 Å². The molecule has 3 N–H and O–H groups in total. The summed E-state index contributed by atoms with van der Waals surface area (Å²) in [5.74, 6) is 4.83. The highest BCUT2D eigenvalue weighted by molar-refractivity contribution is 5.98. The van der Waals surface area contributed by atoms with Crippen LogP contribution in [0.4, 0.5) is 0 Å². The number of carbonyl (C=O) groups excluding carboxylic acids is 2. The van der Waals surface area contributed by atoms with Gasteiger partial charge < -0.3 is 9.64 Å². The van der Waals surface area contributed by atoms with E-state index >= 15 is 0 Å². The third-order valence-electron chi connectivity index (χ3n) is 3.86. The molecule has 1 aromatic carbocycles. The van der Waals surface area contributed by atoms with Crippen molar-refractivity contribution in [3.05, 3.63) is 35.4 Å². The van der Waals surface area contributed by atoms with Crippen LogP contribution in [0.15, 0.2) is 24.3 Å². The van der Waals surface area contributed by atoms with Gasteiger partial charge in [0, 0.05) is 18.7 Å². The van der Waals surface area contributed by atoms with Crippen LogP contribution >= 0.6 is 0 Å². The third kappa shape index (κ3) is 2.28. The Morgan fingerprint density at radius 1 is 1.40 bits per heavy atom. The van der Waals surface area contributed by atoms with E-state index in [9.17, 15) is 9.59 Å². The number of carbonyl (C=O) groups is 2. The van der Waals surface area contributed by atoms with Crippen LogP contribution in [-0.2, 0) is 16.1 Å². The van der Waals surface area contributed by atoms with Crippen molar-refractivity contribution in [2.75, 3.05) is 6.54 Å². The summed E-state index contributed by atoms with van der Waals surface area (Å²) in [5.41, 5.74) is 3.91. The maximum Gasteiger partial charge on any atom is 0.263 e. The Morgan fingerprint density at radius 3 is 2.95 bits per heavy atom. The Balaban J connectivity index is 1.61. The largest absolute Gasteiger partial charge is 0.363 e. The standard InChI is InChI=1S/C14H17N3O3/c15-16-13(18)12-6-5-10(20-12)8-17-7-9-3-1-2-4-11(9)14(17)19/h1-4,10,12H,5-8,15H2,(H,16,18). The van der Waals surface area contributed by atoms with Gasteiger partial charge in [0.2, 0.25) is 0 Å².